The third-order valence-corrected chi connectivity index (χ3v) is 2.35. The summed E-state index contributed by atoms with van der Waals surface area (Å²) in [5.41, 5.74) is 0.455. The Labute approximate surface area is 104 Å². The molecule has 1 aromatic carbocycles. The summed E-state index contributed by atoms with van der Waals surface area (Å²) in [6, 6.07) is 5.46. The Hall–Kier alpha value is -2.24. The number of benzene rings is 1. The monoisotopic (exact) mass is 253 g/mol. The number of nitrogens with one attached hydrogen (secondary N) is 1. The molecular weight excluding hydrogens is 238 g/mol. The number of phenolic OH excluding ortho intramolecular Hbond substituents is 1. The summed E-state index contributed by atoms with van der Waals surface area (Å²) in [4.78, 5) is 22.0. The van der Waals surface area contributed by atoms with E-state index in [0.29, 0.717) is 5.56 Å². The first-order valence-electron chi connectivity index (χ1n) is 5.47. The molecule has 0 saturated heterocycles. The average molecular weight is 253 g/mol. The number of carboxylic acid groups (broad SMARTS) is 1. The van der Waals surface area contributed by atoms with Crippen LogP contribution in [0, 0.1) is 0 Å². The lowest BCUT2D eigenvalue weighted by molar-refractivity contribution is -0.139. The van der Waals surface area contributed by atoms with E-state index in [-0.39, 0.29) is 18.8 Å². The second-order valence-corrected chi connectivity index (χ2v) is 3.65. The van der Waals surface area contributed by atoms with Crippen LogP contribution in [0.4, 0.5) is 4.79 Å². The lowest BCUT2D eigenvalue weighted by Gasteiger charge is -2.12. The highest BCUT2D eigenvalue weighted by Gasteiger charge is 2.18. The number of carbonyl (C=O) groups excluding carboxylic acids is 1. The second-order valence-electron chi connectivity index (χ2n) is 3.65. The van der Waals surface area contributed by atoms with E-state index >= 15 is 0 Å². The number of rotatable bonds is 5. The molecule has 0 unspecified atom stereocenters. The second kappa shape index (κ2) is 6.48. The number of alkyl carbamates (subject to hydrolysis) is 1. The third kappa shape index (κ3) is 3.97. The number of phenols is 1. The van der Waals surface area contributed by atoms with Gasteiger partial charge in [0.1, 0.15) is 18.4 Å². The molecule has 1 atom stereocenters. The lowest BCUT2D eigenvalue weighted by Crippen LogP contribution is -2.40. The van der Waals surface area contributed by atoms with Crippen molar-refractivity contribution in [3.8, 4) is 5.75 Å². The maximum absolute atomic E-state index is 11.3. The molecule has 0 spiro atoms. The number of para-hydroxylation sites is 1. The number of ether oxygens (including phenoxy) is 1. The Balaban J connectivity index is 2.47. The molecule has 6 nitrogen and oxygen atoms in total. The highest BCUT2D eigenvalue weighted by Crippen LogP contribution is 2.16. The van der Waals surface area contributed by atoms with Gasteiger partial charge in [0, 0.05) is 5.56 Å². The number of amides is 1. The highest BCUT2D eigenvalue weighted by molar-refractivity contribution is 5.79. The van der Waals surface area contributed by atoms with Crippen molar-refractivity contribution in [3.05, 3.63) is 29.8 Å². The van der Waals surface area contributed by atoms with Crippen molar-refractivity contribution in [3.63, 3.8) is 0 Å². The number of carbonyl (C=O) groups is 2. The van der Waals surface area contributed by atoms with E-state index in [2.05, 4.69) is 5.32 Å². The van der Waals surface area contributed by atoms with Gasteiger partial charge in [0.2, 0.25) is 0 Å². The normalized spacial score (nSPS) is 11.6. The van der Waals surface area contributed by atoms with Gasteiger partial charge in [0.15, 0.2) is 0 Å². The van der Waals surface area contributed by atoms with Crippen LogP contribution in [0.3, 0.4) is 0 Å². The third-order valence-electron chi connectivity index (χ3n) is 2.35. The number of aromatic hydroxyl groups is 1. The Bertz CT molecular complexity index is 432. The Morgan fingerprint density at radius 1 is 1.39 bits per heavy atom. The fourth-order valence-corrected chi connectivity index (χ4v) is 1.30. The summed E-state index contributed by atoms with van der Waals surface area (Å²) in [6.45, 7) is 1.52. The molecule has 98 valence electrons. The largest absolute Gasteiger partial charge is 0.508 e. The van der Waals surface area contributed by atoms with Gasteiger partial charge in [-0.25, -0.2) is 9.59 Å². The first kappa shape index (κ1) is 13.8. The maximum atomic E-state index is 11.3. The molecular formula is C12H15NO5. The van der Waals surface area contributed by atoms with Crippen molar-refractivity contribution in [1.82, 2.24) is 5.32 Å². The highest BCUT2D eigenvalue weighted by atomic mass is 16.5. The van der Waals surface area contributed by atoms with Gasteiger partial charge >= 0.3 is 12.1 Å². The van der Waals surface area contributed by atoms with Gasteiger partial charge in [-0.15, -0.1) is 0 Å². The Morgan fingerprint density at radius 3 is 2.61 bits per heavy atom. The van der Waals surface area contributed by atoms with Crippen molar-refractivity contribution in [2.45, 2.75) is 26.0 Å². The zero-order valence-electron chi connectivity index (χ0n) is 9.92. The van der Waals surface area contributed by atoms with Gasteiger partial charge in [-0.05, 0) is 12.5 Å². The van der Waals surface area contributed by atoms with Crippen molar-refractivity contribution >= 4 is 12.1 Å². The minimum absolute atomic E-state index is 0.0237. The van der Waals surface area contributed by atoms with Crippen molar-refractivity contribution < 1.29 is 24.5 Å². The van der Waals surface area contributed by atoms with E-state index in [1.54, 1.807) is 25.1 Å². The first-order chi connectivity index (χ1) is 8.54. The molecule has 1 amide bonds. The van der Waals surface area contributed by atoms with Crippen LogP contribution in [0.25, 0.3) is 0 Å². The zero-order valence-corrected chi connectivity index (χ0v) is 9.92. The molecule has 0 fully saturated rings. The average Bonchev–Trinajstić information content (AvgIpc) is 2.34. The van der Waals surface area contributed by atoms with E-state index in [1.807, 2.05) is 0 Å². The predicted octanol–water partition coefficient (Wildman–Crippen LogP) is 1.48. The summed E-state index contributed by atoms with van der Waals surface area (Å²) in [7, 11) is 0. The minimum Gasteiger partial charge on any atom is -0.508 e. The van der Waals surface area contributed by atoms with Crippen LogP contribution in [0.2, 0.25) is 0 Å². The van der Waals surface area contributed by atoms with Crippen LogP contribution in [-0.2, 0) is 16.1 Å². The van der Waals surface area contributed by atoms with Crippen molar-refractivity contribution in [2.24, 2.45) is 0 Å². The summed E-state index contributed by atoms with van der Waals surface area (Å²) >= 11 is 0. The van der Waals surface area contributed by atoms with Gasteiger partial charge in [-0.3, -0.25) is 0 Å². The van der Waals surface area contributed by atoms with Crippen molar-refractivity contribution in [1.29, 1.82) is 0 Å². The van der Waals surface area contributed by atoms with Gasteiger partial charge in [-0.1, -0.05) is 25.1 Å². The van der Waals surface area contributed by atoms with Gasteiger partial charge < -0.3 is 20.3 Å². The van der Waals surface area contributed by atoms with E-state index in [1.165, 1.54) is 6.07 Å². The molecule has 3 N–H and O–H groups in total. The fourth-order valence-electron chi connectivity index (χ4n) is 1.30. The van der Waals surface area contributed by atoms with E-state index in [0.717, 1.165) is 0 Å². The molecule has 0 heterocycles. The quantitative estimate of drug-likeness (QED) is 0.738. The SMILES string of the molecule is CC[C@@H](NC(=O)OCc1ccccc1O)C(=O)O. The number of hydrogen-bond donors (Lipinski definition) is 3. The molecule has 0 bridgehead atoms. The van der Waals surface area contributed by atoms with E-state index < -0.39 is 18.1 Å². The Morgan fingerprint density at radius 2 is 2.06 bits per heavy atom. The van der Waals surface area contributed by atoms with Gasteiger partial charge in [-0.2, -0.15) is 0 Å². The maximum Gasteiger partial charge on any atom is 0.408 e. The van der Waals surface area contributed by atoms with Crippen LogP contribution in [0.1, 0.15) is 18.9 Å². The zero-order chi connectivity index (χ0) is 13.5. The smallest absolute Gasteiger partial charge is 0.408 e. The summed E-state index contributed by atoms with van der Waals surface area (Å²) in [5, 5.41) is 20.4. The topological polar surface area (TPSA) is 95.9 Å². The molecule has 0 aliphatic rings. The van der Waals surface area contributed by atoms with Crippen LogP contribution < -0.4 is 5.32 Å². The minimum atomic E-state index is -1.11. The summed E-state index contributed by atoms with van der Waals surface area (Å²) in [6.07, 6.45) is -0.561. The fraction of sp³-hybridized carbons (Fsp3) is 0.333. The molecule has 0 aliphatic heterocycles. The number of hydrogen-bond acceptors (Lipinski definition) is 4. The lowest BCUT2D eigenvalue weighted by atomic mass is 10.2. The van der Waals surface area contributed by atoms with Crippen LogP contribution in [-0.4, -0.2) is 28.3 Å². The predicted molar refractivity (Wildman–Crippen MR) is 63.1 cm³/mol. The molecule has 0 saturated carbocycles. The molecule has 6 heteroatoms. The summed E-state index contributed by atoms with van der Waals surface area (Å²) in [5.74, 6) is -1.09. The van der Waals surface area contributed by atoms with Gasteiger partial charge in [0.05, 0.1) is 0 Å². The standard InChI is InChI=1S/C12H15NO5/c1-2-9(11(15)16)13-12(17)18-7-8-5-3-4-6-10(8)14/h3-6,9,14H,2,7H2,1H3,(H,13,17)(H,15,16)/t9-/m1/s1. The molecule has 0 radical (unpaired) electrons. The molecule has 0 aliphatic carbocycles. The molecule has 1 aromatic rings. The molecule has 1 rings (SSSR count). The summed E-state index contributed by atoms with van der Waals surface area (Å²) < 4.78 is 4.82. The number of carboxylic acids is 1. The van der Waals surface area contributed by atoms with Crippen LogP contribution in [0.5, 0.6) is 5.75 Å². The van der Waals surface area contributed by atoms with Crippen LogP contribution in [0.15, 0.2) is 24.3 Å². The van der Waals surface area contributed by atoms with Gasteiger partial charge in [0.25, 0.3) is 0 Å². The van der Waals surface area contributed by atoms with E-state index in [4.69, 9.17) is 9.84 Å². The van der Waals surface area contributed by atoms with E-state index in [9.17, 15) is 14.7 Å². The molecule has 18 heavy (non-hydrogen) atoms. The first-order valence-corrected chi connectivity index (χ1v) is 5.47. The number of aliphatic carboxylic acids is 1. The molecule has 0 aromatic heterocycles. The Kier molecular flexibility index (Phi) is 4.98. The van der Waals surface area contributed by atoms with Crippen molar-refractivity contribution in [2.75, 3.05) is 0 Å². The van der Waals surface area contributed by atoms with Crippen LogP contribution >= 0.6 is 0 Å².